The molecule has 19 heavy (non-hydrogen) atoms. The molecule has 0 saturated heterocycles. The maximum absolute atomic E-state index is 11.9. The number of rotatable bonds is 6. The van der Waals surface area contributed by atoms with Crippen molar-refractivity contribution in [2.45, 2.75) is 26.4 Å². The fraction of sp³-hybridized carbons (Fsp3) is 0.417. The van der Waals surface area contributed by atoms with E-state index in [0.29, 0.717) is 16.7 Å². The number of anilines is 1. The quantitative estimate of drug-likeness (QED) is 0.767. The molecular formula is C12H17BrN4O2. The van der Waals surface area contributed by atoms with E-state index in [4.69, 9.17) is 0 Å². The second-order valence-corrected chi connectivity index (χ2v) is 5.02. The van der Waals surface area contributed by atoms with Crippen LogP contribution in [0.4, 0.5) is 5.69 Å². The predicted octanol–water partition coefficient (Wildman–Crippen LogP) is 1.13. The molecule has 104 valence electrons. The highest BCUT2D eigenvalue weighted by atomic mass is 79.9. The molecule has 0 fully saturated rings. The van der Waals surface area contributed by atoms with E-state index in [9.17, 15) is 9.59 Å². The molecule has 1 heterocycles. The highest BCUT2D eigenvalue weighted by Crippen LogP contribution is 2.15. The summed E-state index contributed by atoms with van der Waals surface area (Å²) in [5, 5.41) is 9.59. The van der Waals surface area contributed by atoms with E-state index in [0.717, 1.165) is 0 Å². The Balaban J connectivity index is 2.75. The number of nitrogens with one attached hydrogen (secondary N) is 2. The van der Waals surface area contributed by atoms with Gasteiger partial charge in [-0.1, -0.05) is 6.08 Å². The van der Waals surface area contributed by atoms with Crippen LogP contribution in [0, 0.1) is 0 Å². The van der Waals surface area contributed by atoms with Crippen molar-refractivity contribution in [3.8, 4) is 0 Å². The Morgan fingerprint density at radius 3 is 2.89 bits per heavy atom. The van der Waals surface area contributed by atoms with Gasteiger partial charge in [0.05, 0.1) is 25.0 Å². The fourth-order valence-electron chi connectivity index (χ4n) is 1.39. The third-order valence-corrected chi connectivity index (χ3v) is 2.94. The lowest BCUT2D eigenvalue weighted by Crippen LogP contribution is -2.35. The molecule has 1 rings (SSSR count). The fourth-order valence-corrected chi connectivity index (χ4v) is 1.84. The first kappa shape index (κ1) is 15.4. The van der Waals surface area contributed by atoms with Crippen LogP contribution in [0.2, 0.25) is 0 Å². The molecule has 0 aliphatic heterocycles. The molecule has 0 radical (unpaired) electrons. The normalized spacial score (nSPS) is 10.3. The number of aromatic nitrogens is 2. The van der Waals surface area contributed by atoms with Crippen molar-refractivity contribution in [3.63, 3.8) is 0 Å². The van der Waals surface area contributed by atoms with Crippen LogP contribution < -0.4 is 16.2 Å². The van der Waals surface area contributed by atoms with Crippen molar-refractivity contribution in [2.24, 2.45) is 0 Å². The molecular weight excluding hydrogens is 312 g/mol. The molecule has 1 aromatic heterocycles. The minimum atomic E-state index is -0.269. The van der Waals surface area contributed by atoms with Crippen molar-refractivity contribution in [1.82, 2.24) is 15.1 Å². The van der Waals surface area contributed by atoms with Gasteiger partial charge in [-0.2, -0.15) is 5.10 Å². The zero-order chi connectivity index (χ0) is 14.4. The van der Waals surface area contributed by atoms with Gasteiger partial charge in [0, 0.05) is 6.04 Å². The third kappa shape index (κ3) is 4.51. The number of allylic oxidation sites excluding steroid dienone is 1. The average molecular weight is 329 g/mol. The Morgan fingerprint density at radius 2 is 2.32 bits per heavy atom. The van der Waals surface area contributed by atoms with Gasteiger partial charge in [-0.25, -0.2) is 4.68 Å². The van der Waals surface area contributed by atoms with E-state index in [-0.39, 0.29) is 24.1 Å². The summed E-state index contributed by atoms with van der Waals surface area (Å²) in [4.78, 5) is 23.4. The Morgan fingerprint density at radius 1 is 1.63 bits per heavy atom. The number of nitrogens with zero attached hydrogens (tertiary/aromatic N) is 2. The first-order valence-electron chi connectivity index (χ1n) is 5.85. The van der Waals surface area contributed by atoms with Crippen LogP contribution >= 0.6 is 15.9 Å². The summed E-state index contributed by atoms with van der Waals surface area (Å²) < 4.78 is 1.62. The van der Waals surface area contributed by atoms with E-state index in [1.807, 2.05) is 13.8 Å². The number of carbonyl (C=O) groups excluding carboxylic acids is 1. The molecule has 6 nitrogen and oxygen atoms in total. The van der Waals surface area contributed by atoms with Gasteiger partial charge in [-0.05, 0) is 29.8 Å². The van der Waals surface area contributed by atoms with Crippen LogP contribution in [0.3, 0.4) is 0 Å². The first-order valence-corrected chi connectivity index (χ1v) is 6.64. The minimum Gasteiger partial charge on any atom is -0.374 e. The van der Waals surface area contributed by atoms with Gasteiger partial charge in [0.1, 0.15) is 4.47 Å². The van der Waals surface area contributed by atoms with Gasteiger partial charge in [-0.15, -0.1) is 6.58 Å². The molecule has 0 atom stereocenters. The van der Waals surface area contributed by atoms with Crippen LogP contribution in [-0.4, -0.2) is 28.3 Å². The highest BCUT2D eigenvalue weighted by molar-refractivity contribution is 9.10. The summed E-state index contributed by atoms with van der Waals surface area (Å²) in [5.74, 6) is -0.142. The van der Waals surface area contributed by atoms with E-state index in [2.05, 4.69) is 38.2 Å². The molecule has 7 heteroatoms. The van der Waals surface area contributed by atoms with Crippen molar-refractivity contribution in [2.75, 3.05) is 11.9 Å². The van der Waals surface area contributed by atoms with Crippen LogP contribution in [0.1, 0.15) is 13.8 Å². The lowest BCUT2D eigenvalue weighted by Gasteiger charge is -2.11. The van der Waals surface area contributed by atoms with Crippen LogP contribution in [0.15, 0.2) is 28.1 Å². The zero-order valence-electron chi connectivity index (χ0n) is 10.9. The number of hydrogen-bond donors (Lipinski definition) is 2. The van der Waals surface area contributed by atoms with Crippen LogP contribution in [0.5, 0.6) is 0 Å². The van der Waals surface area contributed by atoms with E-state index < -0.39 is 0 Å². The average Bonchev–Trinajstić information content (AvgIpc) is 2.33. The lowest BCUT2D eigenvalue weighted by atomic mass is 10.4. The molecule has 0 aromatic carbocycles. The second kappa shape index (κ2) is 7.08. The molecule has 0 aliphatic carbocycles. The van der Waals surface area contributed by atoms with Crippen molar-refractivity contribution in [3.05, 3.63) is 33.7 Å². The van der Waals surface area contributed by atoms with Crippen molar-refractivity contribution in [1.29, 1.82) is 0 Å². The molecule has 2 N–H and O–H groups in total. The molecule has 0 spiro atoms. The van der Waals surface area contributed by atoms with Gasteiger partial charge in [0.25, 0.3) is 5.56 Å². The van der Waals surface area contributed by atoms with Gasteiger partial charge in [-0.3, -0.25) is 9.59 Å². The van der Waals surface area contributed by atoms with Gasteiger partial charge in [0.15, 0.2) is 0 Å². The molecule has 1 amide bonds. The lowest BCUT2D eigenvalue weighted by molar-refractivity contribution is -0.119. The van der Waals surface area contributed by atoms with Gasteiger partial charge in [0.2, 0.25) is 5.91 Å². The molecule has 0 aliphatic rings. The van der Waals surface area contributed by atoms with Gasteiger partial charge >= 0.3 is 0 Å². The van der Waals surface area contributed by atoms with E-state index in [1.54, 1.807) is 6.08 Å². The van der Waals surface area contributed by atoms with Crippen LogP contribution in [0.25, 0.3) is 0 Å². The Kier molecular flexibility index (Phi) is 5.75. The SMILES string of the molecule is C=CCn1ncc(NCC(=O)NC(C)C)c(Br)c1=O. The van der Waals surface area contributed by atoms with E-state index in [1.165, 1.54) is 10.9 Å². The summed E-state index contributed by atoms with van der Waals surface area (Å²) in [6, 6.07) is 0.0801. The Labute approximate surface area is 120 Å². The summed E-state index contributed by atoms with van der Waals surface area (Å²) >= 11 is 3.20. The number of halogens is 1. The summed E-state index contributed by atoms with van der Waals surface area (Å²) in [6.07, 6.45) is 3.08. The molecule has 0 unspecified atom stereocenters. The van der Waals surface area contributed by atoms with E-state index >= 15 is 0 Å². The van der Waals surface area contributed by atoms with Crippen molar-refractivity contribution >= 4 is 27.5 Å². The van der Waals surface area contributed by atoms with Crippen LogP contribution in [-0.2, 0) is 11.3 Å². The maximum Gasteiger partial charge on any atom is 0.283 e. The van der Waals surface area contributed by atoms with Crippen molar-refractivity contribution < 1.29 is 4.79 Å². The molecule has 0 saturated carbocycles. The maximum atomic E-state index is 11.9. The highest BCUT2D eigenvalue weighted by Gasteiger charge is 2.09. The Hall–Kier alpha value is -1.63. The predicted molar refractivity (Wildman–Crippen MR) is 78.2 cm³/mol. The molecule has 1 aromatic rings. The standard InChI is InChI=1S/C12H17BrN4O2/c1-4-5-17-12(19)11(13)9(6-15-17)14-7-10(18)16-8(2)3/h4,6,8,14H,1,5,7H2,2-3H3,(H,16,18). The third-order valence-electron chi connectivity index (χ3n) is 2.18. The summed E-state index contributed by atoms with van der Waals surface area (Å²) in [6.45, 7) is 7.74. The summed E-state index contributed by atoms with van der Waals surface area (Å²) in [5.41, 5.74) is 0.221. The first-order chi connectivity index (χ1) is 8.95. The number of hydrogen-bond acceptors (Lipinski definition) is 4. The zero-order valence-corrected chi connectivity index (χ0v) is 12.5. The topological polar surface area (TPSA) is 76.0 Å². The number of amides is 1. The Bertz CT molecular complexity index is 525. The molecule has 0 bridgehead atoms. The smallest absolute Gasteiger partial charge is 0.283 e. The monoisotopic (exact) mass is 328 g/mol. The largest absolute Gasteiger partial charge is 0.374 e. The summed E-state index contributed by atoms with van der Waals surface area (Å²) in [7, 11) is 0. The second-order valence-electron chi connectivity index (χ2n) is 4.22. The number of carbonyl (C=O) groups is 1. The van der Waals surface area contributed by atoms with Gasteiger partial charge < -0.3 is 10.6 Å². The minimum absolute atomic E-state index is 0.0801.